The highest BCUT2D eigenvalue weighted by atomic mass is 35.5. The van der Waals surface area contributed by atoms with Crippen molar-refractivity contribution in [3.8, 4) is 11.5 Å². The van der Waals surface area contributed by atoms with Crippen molar-refractivity contribution >= 4 is 40.5 Å². The number of halogens is 2. The quantitative estimate of drug-likeness (QED) is 0.236. The number of ether oxygens (including phenoxy) is 2. The van der Waals surface area contributed by atoms with Crippen molar-refractivity contribution in [2.45, 2.75) is 42.9 Å². The van der Waals surface area contributed by atoms with Gasteiger partial charge >= 0.3 is 5.97 Å². The van der Waals surface area contributed by atoms with Crippen LogP contribution in [0.4, 0.5) is 11.4 Å². The molecule has 2 heterocycles. The molecule has 2 bridgehead atoms. The van der Waals surface area contributed by atoms with Crippen LogP contribution in [0.1, 0.15) is 23.1 Å². The minimum Gasteiger partial charge on any atom is -0.482 e. The van der Waals surface area contributed by atoms with Gasteiger partial charge in [0.1, 0.15) is 12.2 Å². The van der Waals surface area contributed by atoms with Gasteiger partial charge in [-0.1, -0.05) is 65.7 Å². The second kappa shape index (κ2) is 9.27. The molecule has 0 unspecified atom stereocenters. The fraction of sp³-hybridized carbons (Fsp3) is 0.323. The molecule has 6 nitrogen and oxygen atoms in total. The molecular weight excluding hydrogens is 535 g/mol. The third-order valence-corrected chi connectivity index (χ3v) is 9.56. The summed E-state index contributed by atoms with van der Waals surface area (Å²) in [5.74, 6) is 0.856. The minimum absolute atomic E-state index is 0.0377. The van der Waals surface area contributed by atoms with Crippen LogP contribution in [0.2, 0.25) is 10.0 Å². The predicted molar refractivity (Wildman–Crippen MR) is 151 cm³/mol. The Morgan fingerprint density at radius 1 is 1.13 bits per heavy atom. The zero-order chi connectivity index (χ0) is 26.9. The van der Waals surface area contributed by atoms with Crippen molar-refractivity contribution in [3.05, 3.63) is 93.5 Å². The molecule has 1 fully saturated rings. The summed E-state index contributed by atoms with van der Waals surface area (Å²) in [7, 11) is 2.18. The van der Waals surface area contributed by atoms with E-state index in [0.717, 1.165) is 36.2 Å². The van der Waals surface area contributed by atoms with Crippen LogP contribution in [0.25, 0.3) is 0 Å². The Bertz CT molecular complexity index is 1500. The number of aliphatic hydroxyl groups excluding tert-OH is 1. The molecule has 7 rings (SSSR count). The van der Waals surface area contributed by atoms with Crippen LogP contribution in [0.15, 0.2) is 66.7 Å². The van der Waals surface area contributed by atoms with Gasteiger partial charge in [-0.2, -0.15) is 0 Å². The van der Waals surface area contributed by atoms with E-state index in [1.807, 2.05) is 36.4 Å². The van der Waals surface area contributed by atoms with E-state index in [-0.39, 0.29) is 23.9 Å². The molecule has 200 valence electrons. The fourth-order valence-corrected chi connectivity index (χ4v) is 7.66. The van der Waals surface area contributed by atoms with Gasteiger partial charge in [0.15, 0.2) is 11.5 Å². The lowest BCUT2D eigenvalue weighted by Crippen LogP contribution is -2.64. The van der Waals surface area contributed by atoms with Crippen molar-refractivity contribution in [2.75, 3.05) is 18.9 Å². The maximum Gasteiger partial charge on any atom is 0.315 e. The zero-order valence-electron chi connectivity index (χ0n) is 21.4. The second-order valence-corrected chi connectivity index (χ2v) is 11.8. The lowest BCUT2D eigenvalue weighted by atomic mass is 9.53. The predicted octanol–water partition coefficient (Wildman–Crippen LogP) is 5.69. The maximum absolute atomic E-state index is 13.3. The zero-order valence-corrected chi connectivity index (χ0v) is 22.9. The first-order valence-corrected chi connectivity index (χ1v) is 14.0. The molecule has 39 heavy (non-hydrogen) atoms. The van der Waals surface area contributed by atoms with Crippen LogP contribution in [0.5, 0.6) is 11.5 Å². The van der Waals surface area contributed by atoms with Gasteiger partial charge in [-0.25, -0.2) is 0 Å². The van der Waals surface area contributed by atoms with Crippen molar-refractivity contribution in [1.29, 1.82) is 0 Å². The molecule has 1 saturated heterocycles. The molecule has 0 aromatic heterocycles. The number of esters is 1. The summed E-state index contributed by atoms with van der Waals surface area (Å²) < 4.78 is 12.5. The van der Waals surface area contributed by atoms with Crippen molar-refractivity contribution in [1.82, 2.24) is 4.90 Å². The van der Waals surface area contributed by atoms with Gasteiger partial charge in [-0.3, -0.25) is 4.79 Å². The van der Waals surface area contributed by atoms with Gasteiger partial charge in [0.25, 0.3) is 0 Å². The SMILES string of the molecule is CN1CC[C@]23c4c5ccc(OC(=O)Cc6ccccc6Nc6c(Cl)cccc6Cl)c4O[C@H]2[C@@H](O)C=C[C@H]3[C@H]1C5. The molecule has 2 N–H and O–H groups in total. The van der Waals surface area contributed by atoms with Crippen LogP contribution >= 0.6 is 23.2 Å². The third-order valence-electron chi connectivity index (χ3n) is 8.93. The maximum atomic E-state index is 13.3. The fourth-order valence-electron chi connectivity index (χ4n) is 7.17. The highest BCUT2D eigenvalue weighted by Crippen LogP contribution is 2.62. The Morgan fingerprint density at radius 2 is 1.92 bits per heavy atom. The molecular formula is C31H28Cl2N2O4. The van der Waals surface area contributed by atoms with E-state index in [9.17, 15) is 9.90 Å². The normalized spacial score (nSPS) is 28.0. The number of para-hydroxylation sites is 2. The summed E-state index contributed by atoms with van der Waals surface area (Å²) in [5, 5.41) is 15.2. The number of piperidine rings is 1. The second-order valence-electron chi connectivity index (χ2n) is 10.9. The molecule has 0 amide bonds. The number of hydrogen-bond donors (Lipinski definition) is 2. The van der Waals surface area contributed by atoms with Gasteiger partial charge in [-0.05, 0) is 61.8 Å². The molecule has 3 aromatic carbocycles. The van der Waals surface area contributed by atoms with Gasteiger partial charge in [0, 0.05) is 28.6 Å². The number of nitrogens with zero attached hydrogens (tertiary/aromatic N) is 1. The highest BCUT2D eigenvalue weighted by molar-refractivity contribution is 6.39. The number of aliphatic hydroxyl groups is 1. The number of anilines is 2. The average Bonchev–Trinajstić information content (AvgIpc) is 3.27. The van der Waals surface area contributed by atoms with E-state index in [1.165, 1.54) is 5.56 Å². The molecule has 0 saturated carbocycles. The van der Waals surface area contributed by atoms with Gasteiger partial charge in [0.05, 0.1) is 22.2 Å². The number of carbonyl (C=O) groups excluding carboxylic acids is 1. The largest absolute Gasteiger partial charge is 0.482 e. The Balaban J connectivity index is 1.18. The molecule has 5 atom stereocenters. The standard InChI is InChI=1S/C31H28Cl2N2O4/c1-35-14-13-31-19-10-11-24(36)30(31)39-29-25(12-9-18(27(29)31)15-23(19)35)38-26(37)16-17-5-2-3-8-22(17)34-28-20(32)6-4-7-21(28)33/h2-12,19,23-24,30,34,36H,13-16H2,1H3/t19-,23+,24-,30-,31-/m0/s1. The van der Waals surface area contributed by atoms with E-state index in [1.54, 1.807) is 18.2 Å². The van der Waals surface area contributed by atoms with E-state index in [0.29, 0.717) is 33.3 Å². The summed E-state index contributed by atoms with van der Waals surface area (Å²) in [6.45, 7) is 0.934. The average molecular weight is 563 g/mol. The number of rotatable bonds is 5. The number of benzene rings is 3. The van der Waals surface area contributed by atoms with Gasteiger partial charge < -0.3 is 24.8 Å². The molecule has 0 radical (unpaired) electrons. The summed E-state index contributed by atoms with van der Waals surface area (Å²) >= 11 is 12.7. The van der Waals surface area contributed by atoms with E-state index >= 15 is 0 Å². The van der Waals surface area contributed by atoms with E-state index in [2.05, 4.69) is 29.4 Å². The lowest BCUT2D eigenvalue weighted by molar-refractivity contribution is -0.133. The Labute approximate surface area is 237 Å². The molecule has 2 aliphatic heterocycles. The Morgan fingerprint density at radius 3 is 2.74 bits per heavy atom. The molecule has 1 spiro atoms. The number of nitrogens with one attached hydrogen (secondary N) is 1. The molecule has 8 heteroatoms. The number of carbonyl (C=O) groups is 1. The molecule has 3 aromatic rings. The van der Waals surface area contributed by atoms with Crippen molar-refractivity contribution in [2.24, 2.45) is 5.92 Å². The molecule has 4 aliphatic rings. The van der Waals surface area contributed by atoms with Crippen LogP contribution in [0, 0.1) is 5.92 Å². The topological polar surface area (TPSA) is 71.0 Å². The first-order chi connectivity index (χ1) is 18.9. The Kier molecular flexibility index (Phi) is 5.94. The number of likely N-dealkylation sites (N-methyl/N-ethyl adjacent to an activating group) is 1. The first kappa shape index (κ1) is 25.0. The smallest absolute Gasteiger partial charge is 0.315 e. The summed E-state index contributed by atoms with van der Waals surface area (Å²) in [4.78, 5) is 15.7. The van der Waals surface area contributed by atoms with Crippen molar-refractivity contribution < 1.29 is 19.4 Å². The van der Waals surface area contributed by atoms with Gasteiger partial charge in [-0.15, -0.1) is 0 Å². The first-order valence-electron chi connectivity index (χ1n) is 13.3. The number of likely N-dealkylation sites (tertiary alicyclic amines) is 1. The highest BCUT2D eigenvalue weighted by Gasteiger charge is 2.64. The van der Waals surface area contributed by atoms with Crippen molar-refractivity contribution in [3.63, 3.8) is 0 Å². The summed E-state index contributed by atoms with van der Waals surface area (Å²) in [6, 6.07) is 17.1. The minimum atomic E-state index is -0.707. The number of hydrogen-bond acceptors (Lipinski definition) is 6. The Hall–Kier alpha value is -3.03. The monoisotopic (exact) mass is 562 g/mol. The molecule has 2 aliphatic carbocycles. The van der Waals surface area contributed by atoms with Crippen LogP contribution < -0.4 is 14.8 Å². The summed E-state index contributed by atoms with van der Waals surface area (Å²) in [5.41, 5.74) is 4.08. The van der Waals surface area contributed by atoms with Gasteiger partial charge in [0.2, 0.25) is 0 Å². The van der Waals surface area contributed by atoms with Crippen LogP contribution in [-0.2, 0) is 23.1 Å². The van der Waals surface area contributed by atoms with E-state index in [4.69, 9.17) is 32.7 Å². The lowest BCUT2D eigenvalue weighted by Gasteiger charge is -2.56. The summed E-state index contributed by atoms with van der Waals surface area (Å²) in [6.07, 6.45) is 4.78. The van der Waals surface area contributed by atoms with E-state index < -0.39 is 12.1 Å². The van der Waals surface area contributed by atoms with Crippen LogP contribution in [-0.4, -0.2) is 47.8 Å². The third kappa shape index (κ3) is 3.80. The van der Waals surface area contributed by atoms with Crippen LogP contribution in [0.3, 0.4) is 0 Å².